The molecule has 0 spiro atoms. The van der Waals surface area contributed by atoms with Crippen molar-refractivity contribution in [2.45, 2.75) is 39.8 Å². The number of likely N-dealkylation sites (N-methyl/N-ethyl adjacent to an activating group) is 1. The van der Waals surface area contributed by atoms with Gasteiger partial charge in [0, 0.05) is 52.0 Å². The standard InChI is InChI=1S/C22H35FN6/c1-7-24-22(28(5)15-19-16-29(6)26-21(19)17(2)3)25-12-13-27(4)14-18-8-10-20(23)11-9-18/h8-11,16-17H,7,12-15H2,1-6H3,(H,24,25). The minimum atomic E-state index is -0.200. The number of rotatable bonds is 9. The summed E-state index contributed by atoms with van der Waals surface area (Å²) in [5.41, 5.74) is 3.46. The lowest BCUT2D eigenvalue weighted by molar-refractivity contribution is 0.335. The smallest absolute Gasteiger partial charge is 0.194 e. The summed E-state index contributed by atoms with van der Waals surface area (Å²) >= 11 is 0. The van der Waals surface area contributed by atoms with E-state index in [4.69, 9.17) is 4.99 Å². The van der Waals surface area contributed by atoms with E-state index in [0.29, 0.717) is 12.5 Å². The molecule has 1 aromatic carbocycles. The number of guanidine groups is 1. The second-order valence-corrected chi connectivity index (χ2v) is 7.82. The molecule has 6 nitrogen and oxygen atoms in total. The number of aryl methyl sites for hydroxylation is 1. The lowest BCUT2D eigenvalue weighted by Crippen LogP contribution is -2.39. The molecule has 0 amide bonds. The average Bonchev–Trinajstić information content (AvgIpc) is 3.03. The van der Waals surface area contributed by atoms with Crippen molar-refractivity contribution in [2.24, 2.45) is 12.0 Å². The van der Waals surface area contributed by atoms with E-state index in [1.54, 1.807) is 0 Å². The van der Waals surface area contributed by atoms with Crippen molar-refractivity contribution in [3.63, 3.8) is 0 Å². The van der Waals surface area contributed by atoms with Gasteiger partial charge in [0.1, 0.15) is 5.82 Å². The topological polar surface area (TPSA) is 48.7 Å². The van der Waals surface area contributed by atoms with Gasteiger partial charge < -0.3 is 15.1 Å². The summed E-state index contributed by atoms with van der Waals surface area (Å²) in [4.78, 5) is 9.13. The monoisotopic (exact) mass is 402 g/mol. The maximum absolute atomic E-state index is 13.0. The summed E-state index contributed by atoms with van der Waals surface area (Å²) < 4.78 is 14.9. The van der Waals surface area contributed by atoms with Crippen molar-refractivity contribution in [1.29, 1.82) is 0 Å². The molecule has 160 valence electrons. The highest BCUT2D eigenvalue weighted by Gasteiger charge is 2.15. The van der Waals surface area contributed by atoms with Crippen LogP contribution in [-0.4, -0.2) is 59.3 Å². The highest BCUT2D eigenvalue weighted by atomic mass is 19.1. The first-order chi connectivity index (χ1) is 13.8. The summed E-state index contributed by atoms with van der Waals surface area (Å²) in [5.74, 6) is 1.08. The molecule has 1 N–H and O–H groups in total. The van der Waals surface area contributed by atoms with Gasteiger partial charge in [0.2, 0.25) is 0 Å². The first-order valence-electron chi connectivity index (χ1n) is 10.2. The average molecular weight is 403 g/mol. The third-order valence-electron chi connectivity index (χ3n) is 4.70. The fraction of sp³-hybridized carbons (Fsp3) is 0.545. The van der Waals surface area contributed by atoms with E-state index >= 15 is 0 Å². The summed E-state index contributed by atoms with van der Waals surface area (Å²) in [6.07, 6.45) is 2.09. The maximum atomic E-state index is 13.0. The lowest BCUT2D eigenvalue weighted by atomic mass is 10.1. The number of nitrogens with one attached hydrogen (secondary N) is 1. The quantitative estimate of drug-likeness (QED) is 0.517. The van der Waals surface area contributed by atoms with E-state index in [-0.39, 0.29) is 5.82 Å². The number of hydrogen-bond acceptors (Lipinski definition) is 3. The molecule has 0 fully saturated rings. The van der Waals surface area contributed by atoms with Crippen molar-refractivity contribution < 1.29 is 4.39 Å². The summed E-state index contributed by atoms with van der Waals surface area (Å²) in [7, 11) is 6.08. The molecule has 0 aliphatic carbocycles. The van der Waals surface area contributed by atoms with Crippen LogP contribution in [0.1, 0.15) is 43.5 Å². The van der Waals surface area contributed by atoms with Gasteiger partial charge in [-0.1, -0.05) is 26.0 Å². The molecule has 0 aliphatic heterocycles. The molecule has 0 bridgehead atoms. The molecule has 2 aromatic rings. The van der Waals surface area contributed by atoms with E-state index in [2.05, 4.69) is 61.3 Å². The largest absolute Gasteiger partial charge is 0.357 e. The van der Waals surface area contributed by atoms with E-state index < -0.39 is 0 Å². The first kappa shape index (κ1) is 22.9. The van der Waals surface area contributed by atoms with Gasteiger partial charge in [-0.3, -0.25) is 9.67 Å². The molecular weight excluding hydrogens is 367 g/mol. The Morgan fingerprint density at radius 1 is 1.21 bits per heavy atom. The Labute approximate surface area is 174 Å². The fourth-order valence-electron chi connectivity index (χ4n) is 3.27. The van der Waals surface area contributed by atoms with Crippen LogP contribution in [0, 0.1) is 5.82 Å². The van der Waals surface area contributed by atoms with Gasteiger partial charge in [-0.15, -0.1) is 0 Å². The van der Waals surface area contributed by atoms with Gasteiger partial charge in [-0.25, -0.2) is 4.39 Å². The minimum absolute atomic E-state index is 0.200. The van der Waals surface area contributed by atoms with Gasteiger partial charge in [0.25, 0.3) is 0 Å². The van der Waals surface area contributed by atoms with Crippen LogP contribution in [0.3, 0.4) is 0 Å². The zero-order valence-electron chi connectivity index (χ0n) is 18.6. The van der Waals surface area contributed by atoms with Crippen LogP contribution in [0.15, 0.2) is 35.5 Å². The summed E-state index contributed by atoms with van der Waals surface area (Å²) in [6, 6.07) is 6.66. The Morgan fingerprint density at radius 3 is 2.52 bits per heavy atom. The third kappa shape index (κ3) is 7.16. The minimum Gasteiger partial charge on any atom is -0.357 e. The molecule has 0 saturated carbocycles. The van der Waals surface area contributed by atoms with E-state index in [9.17, 15) is 4.39 Å². The predicted octanol–water partition coefficient (Wildman–Crippen LogP) is 3.21. The lowest BCUT2D eigenvalue weighted by Gasteiger charge is -2.23. The van der Waals surface area contributed by atoms with Crippen molar-refractivity contribution >= 4 is 5.96 Å². The predicted molar refractivity (Wildman–Crippen MR) is 117 cm³/mol. The highest BCUT2D eigenvalue weighted by Crippen LogP contribution is 2.18. The summed E-state index contributed by atoms with van der Waals surface area (Å²) in [6.45, 7) is 10.3. The Morgan fingerprint density at radius 2 is 1.90 bits per heavy atom. The van der Waals surface area contributed by atoms with E-state index in [0.717, 1.165) is 43.4 Å². The number of benzene rings is 1. The van der Waals surface area contributed by atoms with E-state index in [1.807, 2.05) is 23.9 Å². The zero-order chi connectivity index (χ0) is 21.4. The molecule has 0 radical (unpaired) electrons. The molecule has 0 unspecified atom stereocenters. The number of aromatic nitrogens is 2. The third-order valence-corrected chi connectivity index (χ3v) is 4.70. The van der Waals surface area contributed by atoms with Crippen LogP contribution in [0.25, 0.3) is 0 Å². The second-order valence-electron chi connectivity index (χ2n) is 7.82. The molecule has 1 aromatic heterocycles. The zero-order valence-corrected chi connectivity index (χ0v) is 18.6. The Bertz CT molecular complexity index is 781. The Hall–Kier alpha value is -2.41. The van der Waals surface area contributed by atoms with Gasteiger partial charge in [-0.05, 0) is 37.6 Å². The van der Waals surface area contributed by atoms with Crippen molar-refractivity contribution in [3.05, 3.63) is 53.1 Å². The van der Waals surface area contributed by atoms with Gasteiger partial charge in [0.15, 0.2) is 5.96 Å². The van der Waals surface area contributed by atoms with Crippen LogP contribution in [0.4, 0.5) is 4.39 Å². The molecular formula is C22H35FN6. The normalized spacial score (nSPS) is 12.1. The first-order valence-corrected chi connectivity index (χ1v) is 10.2. The van der Waals surface area contributed by atoms with Gasteiger partial charge in [-0.2, -0.15) is 5.10 Å². The van der Waals surface area contributed by atoms with Crippen molar-refractivity contribution in [3.8, 4) is 0 Å². The molecule has 0 saturated heterocycles. The molecule has 1 heterocycles. The Kier molecular flexibility index (Phi) is 8.64. The molecule has 0 atom stereocenters. The SMILES string of the molecule is CCNC(=NCCN(C)Cc1ccc(F)cc1)N(C)Cc1cn(C)nc1C(C)C. The number of nitrogens with zero attached hydrogens (tertiary/aromatic N) is 5. The fourth-order valence-corrected chi connectivity index (χ4v) is 3.27. The molecule has 29 heavy (non-hydrogen) atoms. The highest BCUT2D eigenvalue weighted by molar-refractivity contribution is 5.79. The summed E-state index contributed by atoms with van der Waals surface area (Å²) in [5, 5.41) is 7.98. The number of aliphatic imine (C=N–C) groups is 1. The van der Waals surface area contributed by atoms with Crippen LogP contribution < -0.4 is 5.32 Å². The van der Waals surface area contributed by atoms with Crippen LogP contribution in [0.2, 0.25) is 0 Å². The van der Waals surface area contributed by atoms with Crippen molar-refractivity contribution in [1.82, 2.24) is 24.9 Å². The second kappa shape index (κ2) is 11.0. The molecule has 2 rings (SSSR count). The van der Waals surface area contributed by atoms with Crippen LogP contribution in [-0.2, 0) is 20.1 Å². The molecule has 7 heteroatoms. The number of halogens is 1. The van der Waals surface area contributed by atoms with Crippen molar-refractivity contribution in [2.75, 3.05) is 33.7 Å². The number of hydrogen-bond donors (Lipinski definition) is 1. The van der Waals surface area contributed by atoms with Gasteiger partial charge >= 0.3 is 0 Å². The Balaban J connectivity index is 1.95. The van der Waals surface area contributed by atoms with E-state index in [1.165, 1.54) is 17.7 Å². The molecule has 0 aliphatic rings. The van der Waals surface area contributed by atoms with Crippen LogP contribution in [0.5, 0.6) is 0 Å². The van der Waals surface area contributed by atoms with Gasteiger partial charge in [0.05, 0.1) is 12.2 Å². The maximum Gasteiger partial charge on any atom is 0.194 e. The van der Waals surface area contributed by atoms with Crippen LogP contribution >= 0.6 is 0 Å².